The monoisotopic (exact) mass is 311 g/mol. The van der Waals surface area contributed by atoms with Gasteiger partial charge in [0, 0.05) is 18.0 Å². The standard InChI is InChI=1S/C13H12F3N5O/c14-13(15,16)22-12-4-2-1-3-9(12)6-21-11-7-20(17)8-18-10(11)5-19-21/h1-5,7-8,19H,6,17H2. The molecule has 0 atom stereocenters. The zero-order chi connectivity index (χ0) is 15.7. The fourth-order valence-electron chi connectivity index (χ4n) is 2.12. The number of benzene rings is 1. The Hall–Kier alpha value is -2.68. The van der Waals surface area contributed by atoms with Crippen molar-refractivity contribution in [2.75, 3.05) is 0 Å². The number of para-hydroxylation sites is 1. The number of nitrogens with zero attached hydrogens (tertiary/aromatic N) is 3. The van der Waals surface area contributed by atoms with Crippen LogP contribution in [-0.2, 0) is 6.54 Å². The van der Waals surface area contributed by atoms with Gasteiger partial charge in [-0.2, -0.15) is 0 Å². The summed E-state index contributed by atoms with van der Waals surface area (Å²) < 4.78 is 41.4. The third kappa shape index (κ3) is 2.98. The fourth-order valence-corrected chi connectivity index (χ4v) is 2.12. The smallest absolute Gasteiger partial charge is 0.405 e. The first kappa shape index (κ1) is 14.3. The molecule has 0 fully saturated rings. The Morgan fingerprint density at radius 3 is 2.82 bits per heavy atom. The second-order valence-electron chi connectivity index (χ2n) is 4.61. The van der Waals surface area contributed by atoms with E-state index >= 15 is 0 Å². The molecule has 116 valence electrons. The van der Waals surface area contributed by atoms with Crippen LogP contribution in [0.1, 0.15) is 5.56 Å². The van der Waals surface area contributed by atoms with Crippen molar-refractivity contribution in [2.45, 2.75) is 12.9 Å². The van der Waals surface area contributed by atoms with Crippen LogP contribution in [0.3, 0.4) is 0 Å². The van der Waals surface area contributed by atoms with Crippen molar-refractivity contribution < 1.29 is 17.9 Å². The molecule has 1 aromatic rings. The van der Waals surface area contributed by atoms with Crippen LogP contribution in [0.4, 0.5) is 13.2 Å². The minimum absolute atomic E-state index is 0.154. The number of rotatable bonds is 3. The number of ether oxygens (including phenoxy) is 1. The molecule has 0 spiro atoms. The van der Waals surface area contributed by atoms with Crippen LogP contribution >= 0.6 is 0 Å². The van der Waals surface area contributed by atoms with Crippen LogP contribution in [0.5, 0.6) is 5.75 Å². The van der Waals surface area contributed by atoms with Crippen LogP contribution in [0, 0.1) is 0 Å². The van der Waals surface area contributed by atoms with Crippen molar-refractivity contribution >= 4 is 6.34 Å². The van der Waals surface area contributed by atoms with Gasteiger partial charge in [0.05, 0.1) is 6.54 Å². The SMILES string of the molecule is NN1C=NC2=CNN(Cc3ccccc3OC(F)(F)F)C2=C1. The maximum absolute atomic E-state index is 12.4. The highest BCUT2D eigenvalue weighted by atomic mass is 19.4. The van der Waals surface area contributed by atoms with Crippen molar-refractivity contribution in [3.05, 3.63) is 53.6 Å². The largest absolute Gasteiger partial charge is 0.573 e. The predicted molar refractivity (Wildman–Crippen MR) is 72.5 cm³/mol. The summed E-state index contributed by atoms with van der Waals surface area (Å²) in [7, 11) is 0. The van der Waals surface area contributed by atoms with Crippen LogP contribution < -0.4 is 16.0 Å². The molecule has 0 saturated carbocycles. The average Bonchev–Trinajstić information content (AvgIpc) is 2.82. The molecule has 0 unspecified atom stereocenters. The highest BCUT2D eigenvalue weighted by molar-refractivity contribution is 5.62. The number of hydrogen-bond acceptors (Lipinski definition) is 6. The second kappa shape index (κ2) is 5.26. The second-order valence-corrected chi connectivity index (χ2v) is 4.61. The molecule has 2 heterocycles. The molecular weight excluding hydrogens is 299 g/mol. The third-order valence-corrected chi connectivity index (χ3v) is 3.04. The number of fused-ring (bicyclic) bond motifs is 1. The van der Waals surface area contributed by atoms with Gasteiger partial charge >= 0.3 is 6.36 Å². The summed E-state index contributed by atoms with van der Waals surface area (Å²) in [6, 6.07) is 5.96. The van der Waals surface area contributed by atoms with E-state index in [2.05, 4.69) is 15.2 Å². The Morgan fingerprint density at radius 2 is 2.05 bits per heavy atom. The van der Waals surface area contributed by atoms with E-state index in [1.165, 1.54) is 23.5 Å². The van der Waals surface area contributed by atoms with E-state index in [-0.39, 0.29) is 12.3 Å². The minimum atomic E-state index is -4.74. The topological polar surface area (TPSA) is 66.1 Å². The Balaban J connectivity index is 1.80. The maximum atomic E-state index is 12.4. The summed E-state index contributed by atoms with van der Waals surface area (Å²) in [6.45, 7) is 0.154. The number of hydrogen-bond donors (Lipinski definition) is 2. The van der Waals surface area contributed by atoms with Crippen molar-refractivity contribution in [1.82, 2.24) is 15.4 Å². The summed E-state index contributed by atoms with van der Waals surface area (Å²) in [5.74, 6) is 5.37. The Kier molecular flexibility index (Phi) is 3.41. The number of hydrazine groups is 2. The normalized spacial score (nSPS) is 16.9. The molecule has 2 aliphatic heterocycles. The minimum Gasteiger partial charge on any atom is -0.405 e. The van der Waals surface area contributed by atoms with Crippen molar-refractivity contribution in [3.8, 4) is 5.75 Å². The van der Waals surface area contributed by atoms with E-state index in [9.17, 15) is 13.2 Å². The molecule has 1 aromatic carbocycles. The van der Waals surface area contributed by atoms with Crippen molar-refractivity contribution in [3.63, 3.8) is 0 Å². The highest BCUT2D eigenvalue weighted by Gasteiger charge is 2.32. The Labute approximate surface area is 123 Å². The van der Waals surface area contributed by atoms with Gasteiger partial charge in [0.15, 0.2) is 0 Å². The number of nitrogens with two attached hydrogens (primary N) is 1. The van der Waals surface area contributed by atoms with Gasteiger partial charge in [0.1, 0.15) is 23.5 Å². The average molecular weight is 311 g/mol. The molecule has 9 heteroatoms. The van der Waals surface area contributed by atoms with Gasteiger partial charge in [0.2, 0.25) is 0 Å². The van der Waals surface area contributed by atoms with Crippen LogP contribution in [-0.4, -0.2) is 22.7 Å². The lowest BCUT2D eigenvalue weighted by Gasteiger charge is -2.25. The number of aliphatic imine (C=N–C) groups is 1. The zero-order valence-electron chi connectivity index (χ0n) is 11.2. The van der Waals surface area contributed by atoms with Gasteiger partial charge in [-0.1, -0.05) is 18.2 Å². The van der Waals surface area contributed by atoms with E-state index in [0.29, 0.717) is 17.0 Å². The van der Waals surface area contributed by atoms with Gasteiger partial charge in [-0.05, 0) is 6.07 Å². The number of nitrogens with one attached hydrogen (secondary N) is 1. The summed E-state index contributed by atoms with van der Waals surface area (Å²) in [4.78, 5) is 4.10. The molecule has 0 radical (unpaired) electrons. The van der Waals surface area contributed by atoms with Crippen molar-refractivity contribution in [1.29, 1.82) is 0 Å². The van der Waals surface area contributed by atoms with E-state index < -0.39 is 6.36 Å². The number of alkyl halides is 3. The zero-order valence-corrected chi connectivity index (χ0v) is 11.2. The van der Waals surface area contributed by atoms with Crippen molar-refractivity contribution in [2.24, 2.45) is 10.8 Å². The lowest BCUT2D eigenvalue weighted by atomic mass is 10.2. The Morgan fingerprint density at radius 1 is 1.27 bits per heavy atom. The van der Waals surface area contributed by atoms with Crippen LogP contribution in [0.15, 0.2) is 53.1 Å². The summed E-state index contributed by atoms with van der Waals surface area (Å²) in [6.07, 6.45) is -0.0454. The molecule has 0 bridgehead atoms. The molecule has 0 aliphatic carbocycles. The lowest BCUT2D eigenvalue weighted by molar-refractivity contribution is -0.275. The molecule has 3 rings (SSSR count). The van der Waals surface area contributed by atoms with Gasteiger partial charge in [-0.25, -0.2) is 10.8 Å². The van der Waals surface area contributed by atoms with Gasteiger partial charge < -0.3 is 10.2 Å². The molecule has 22 heavy (non-hydrogen) atoms. The van der Waals surface area contributed by atoms with E-state index in [4.69, 9.17) is 5.84 Å². The maximum Gasteiger partial charge on any atom is 0.573 e. The van der Waals surface area contributed by atoms with Gasteiger partial charge in [0.25, 0.3) is 0 Å². The first-order valence-corrected chi connectivity index (χ1v) is 6.29. The molecule has 6 nitrogen and oxygen atoms in total. The molecule has 2 aliphatic rings. The first-order chi connectivity index (χ1) is 10.4. The molecule has 0 saturated heterocycles. The third-order valence-electron chi connectivity index (χ3n) is 3.04. The molecule has 3 N–H and O–H groups in total. The van der Waals surface area contributed by atoms with Gasteiger partial charge in [-0.3, -0.25) is 10.0 Å². The number of halogens is 3. The highest BCUT2D eigenvalue weighted by Crippen LogP contribution is 2.30. The Bertz CT molecular complexity index is 668. The molecule has 0 amide bonds. The predicted octanol–water partition coefficient (Wildman–Crippen LogP) is 1.81. The lowest BCUT2D eigenvalue weighted by Crippen LogP contribution is -2.33. The van der Waals surface area contributed by atoms with E-state index in [1.54, 1.807) is 29.5 Å². The summed E-state index contributed by atoms with van der Waals surface area (Å²) in [5.41, 5.74) is 4.61. The summed E-state index contributed by atoms with van der Waals surface area (Å²) in [5, 5.41) is 2.90. The quantitative estimate of drug-likeness (QED) is 0.833. The first-order valence-electron chi connectivity index (χ1n) is 6.29. The molecular formula is C13H12F3N5O. The fraction of sp³-hybridized carbons (Fsp3) is 0.154. The van der Waals surface area contributed by atoms with Crippen LogP contribution in [0.25, 0.3) is 0 Å². The van der Waals surface area contributed by atoms with E-state index in [1.807, 2.05) is 0 Å². The molecule has 0 aromatic heterocycles. The van der Waals surface area contributed by atoms with E-state index in [0.717, 1.165) is 0 Å². The summed E-state index contributed by atoms with van der Waals surface area (Å²) >= 11 is 0. The van der Waals surface area contributed by atoms with Crippen LogP contribution in [0.2, 0.25) is 0 Å². The van der Waals surface area contributed by atoms with Gasteiger partial charge in [-0.15, -0.1) is 13.2 Å².